The number of amides is 1. The van der Waals surface area contributed by atoms with E-state index in [2.05, 4.69) is 10.3 Å². The highest BCUT2D eigenvalue weighted by molar-refractivity contribution is 7.12. The number of rotatable bonds is 5. The first-order chi connectivity index (χ1) is 11.6. The maximum Gasteiger partial charge on any atom is 0.307 e. The van der Waals surface area contributed by atoms with Crippen LogP contribution in [0.15, 0.2) is 60.1 Å². The summed E-state index contributed by atoms with van der Waals surface area (Å²) < 4.78 is 0. The molecule has 0 radical (unpaired) electrons. The number of nitrogens with one attached hydrogen (secondary N) is 1. The molecular formula is C18H14N2O3S. The molecule has 6 heteroatoms. The molecular weight excluding hydrogens is 324 g/mol. The van der Waals surface area contributed by atoms with Crippen molar-refractivity contribution >= 4 is 28.9 Å². The largest absolute Gasteiger partial charge is 0.481 e. The molecule has 0 aliphatic rings. The molecule has 0 aliphatic heterocycles. The Balaban J connectivity index is 1.76. The zero-order valence-corrected chi connectivity index (χ0v) is 13.4. The molecule has 1 aromatic heterocycles. The molecule has 2 aromatic carbocycles. The molecule has 1 heterocycles. The van der Waals surface area contributed by atoms with Gasteiger partial charge < -0.3 is 10.4 Å². The highest BCUT2D eigenvalue weighted by Crippen LogP contribution is 2.26. The van der Waals surface area contributed by atoms with E-state index in [0.29, 0.717) is 21.8 Å². The number of benzene rings is 2. The summed E-state index contributed by atoms with van der Waals surface area (Å²) in [5, 5.41) is 11.6. The molecule has 0 spiro atoms. The van der Waals surface area contributed by atoms with Crippen LogP contribution in [0, 0.1) is 0 Å². The lowest BCUT2D eigenvalue weighted by Gasteiger charge is -2.06. The van der Waals surface area contributed by atoms with Crippen molar-refractivity contribution in [2.75, 3.05) is 5.32 Å². The monoisotopic (exact) mass is 338 g/mol. The molecule has 3 aromatic rings. The Hall–Kier alpha value is -2.99. The second kappa shape index (κ2) is 7.06. The number of carbonyl (C=O) groups is 2. The molecule has 1 amide bonds. The minimum atomic E-state index is -0.885. The minimum absolute atomic E-state index is 0.0405. The van der Waals surface area contributed by atoms with E-state index in [9.17, 15) is 9.59 Å². The predicted molar refractivity (Wildman–Crippen MR) is 93.3 cm³/mol. The minimum Gasteiger partial charge on any atom is -0.481 e. The summed E-state index contributed by atoms with van der Waals surface area (Å²) in [6.07, 6.45) is -0.0405. The molecule has 5 nitrogen and oxygen atoms in total. The lowest BCUT2D eigenvalue weighted by atomic mass is 10.1. The molecule has 0 bridgehead atoms. The van der Waals surface area contributed by atoms with Crippen molar-refractivity contribution in [2.24, 2.45) is 0 Å². The standard InChI is InChI=1S/C18H14N2O3S/c21-15(22)10-12-6-8-14(9-7-12)20-18(23)17-16(19-11-24-17)13-4-2-1-3-5-13/h1-9,11H,10H2,(H,20,23)(H,21,22). The normalized spacial score (nSPS) is 10.3. The number of hydrogen-bond acceptors (Lipinski definition) is 4. The fourth-order valence-electron chi connectivity index (χ4n) is 2.28. The van der Waals surface area contributed by atoms with Gasteiger partial charge in [0.25, 0.3) is 5.91 Å². The molecule has 24 heavy (non-hydrogen) atoms. The van der Waals surface area contributed by atoms with Crippen LogP contribution in [0.4, 0.5) is 5.69 Å². The number of carboxylic acid groups (broad SMARTS) is 1. The Morgan fingerprint density at radius 1 is 1.04 bits per heavy atom. The third kappa shape index (κ3) is 3.67. The predicted octanol–water partition coefficient (Wildman–Crippen LogP) is 3.69. The van der Waals surface area contributed by atoms with Gasteiger partial charge in [0.1, 0.15) is 4.88 Å². The van der Waals surface area contributed by atoms with E-state index in [1.165, 1.54) is 11.3 Å². The Morgan fingerprint density at radius 3 is 2.42 bits per heavy atom. The van der Waals surface area contributed by atoms with E-state index >= 15 is 0 Å². The van der Waals surface area contributed by atoms with Crippen molar-refractivity contribution in [2.45, 2.75) is 6.42 Å². The third-order valence-corrected chi connectivity index (χ3v) is 4.21. The van der Waals surface area contributed by atoms with Gasteiger partial charge in [0.15, 0.2) is 0 Å². The number of carbonyl (C=O) groups excluding carboxylic acids is 1. The third-order valence-electron chi connectivity index (χ3n) is 3.39. The summed E-state index contributed by atoms with van der Waals surface area (Å²) in [4.78, 5) is 28.0. The van der Waals surface area contributed by atoms with Crippen molar-refractivity contribution in [1.29, 1.82) is 0 Å². The van der Waals surface area contributed by atoms with E-state index in [1.807, 2.05) is 30.3 Å². The SMILES string of the molecule is O=C(O)Cc1ccc(NC(=O)c2scnc2-c2ccccc2)cc1. The quantitative estimate of drug-likeness (QED) is 0.743. The molecule has 120 valence electrons. The number of anilines is 1. The van der Waals surface area contributed by atoms with E-state index in [-0.39, 0.29) is 12.3 Å². The molecule has 0 aliphatic carbocycles. The van der Waals surface area contributed by atoms with Crippen LogP contribution >= 0.6 is 11.3 Å². The van der Waals surface area contributed by atoms with Gasteiger partial charge in [-0.05, 0) is 17.7 Å². The van der Waals surface area contributed by atoms with Crippen LogP contribution in [0.2, 0.25) is 0 Å². The summed E-state index contributed by atoms with van der Waals surface area (Å²) >= 11 is 1.28. The van der Waals surface area contributed by atoms with Crippen LogP contribution in [0.1, 0.15) is 15.2 Å². The van der Waals surface area contributed by atoms with Gasteiger partial charge in [-0.1, -0.05) is 42.5 Å². The van der Waals surface area contributed by atoms with Crippen molar-refractivity contribution in [1.82, 2.24) is 4.98 Å². The van der Waals surface area contributed by atoms with E-state index in [1.54, 1.807) is 29.8 Å². The molecule has 3 rings (SSSR count). The first-order valence-electron chi connectivity index (χ1n) is 7.24. The lowest BCUT2D eigenvalue weighted by Crippen LogP contribution is -2.11. The fourth-order valence-corrected chi connectivity index (χ4v) is 2.98. The van der Waals surface area contributed by atoms with Crippen molar-refractivity contribution in [3.63, 3.8) is 0 Å². The van der Waals surface area contributed by atoms with Gasteiger partial charge in [0, 0.05) is 11.3 Å². The van der Waals surface area contributed by atoms with E-state index in [4.69, 9.17) is 5.11 Å². The number of carboxylic acids is 1. The van der Waals surface area contributed by atoms with Gasteiger partial charge in [0.2, 0.25) is 0 Å². The van der Waals surface area contributed by atoms with Crippen LogP contribution in [-0.4, -0.2) is 22.0 Å². The van der Waals surface area contributed by atoms with Crippen LogP contribution < -0.4 is 5.32 Å². The molecule has 0 atom stereocenters. The molecule has 0 saturated heterocycles. The lowest BCUT2D eigenvalue weighted by molar-refractivity contribution is -0.136. The van der Waals surface area contributed by atoms with Gasteiger partial charge >= 0.3 is 5.97 Å². The highest BCUT2D eigenvalue weighted by atomic mass is 32.1. The maximum atomic E-state index is 12.5. The number of nitrogens with zero attached hydrogens (tertiary/aromatic N) is 1. The van der Waals surface area contributed by atoms with Crippen molar-refractivity contribution in [3.8, 4) is 11.3 Å². The zero-order chi connectivity index (χ0) is 16.9. The van der Waals surface area contributed by atoms with Crippen molar-refractivity contribution in [3.05, 3.63) is 70.5 Å². The summed E-state index contributed by atoms with van der Waals surface area (Å²) in [6, 6.07) is 16.3. The number of aromatic nitrogens is 1. The number of aliphatic carboxylic acids is 1. The van der Waals surface area contributed by atoms with Crippen LogP contribution in [-0.2, 0) is 11.2 Å². The Labute approximate surface area is 142 Å². The van der Waals surface area contributed by atoms with Crippen LogP contribution in [0.5, 0.6) is 0 Å². The van der Waals surface area contributed by atoms with Crippen LogP contribution in [0.25, 0.3) is 11.3 Å². The summed E-state index contributed by atoms with van der Waals surface area (Å²) in [7, 11) is 0. The van der Waals surface area contributed by atoms with Crippen molar-refractivity contribution < 1.29 is 14.7 Å². The number of hydrogen-bond donors (Lipinski definition) is 2. The first kappa shape index (κ1) is 15.9. The topological polar surface area (TPSA) is 79.3 Å². The molecule has 0 unspecified atom stereocenters. The smallest absolute Gasteiger partial charge is 0.307 e. The van der Waals surface area contributed by atoms with Gasteiger partial charge in [-0.15, -0.1) is 11.3 Å². The Bertz CT molecular complexity index is 857. The molecule has 0 fully saturated rings. The second-order valence-electron chi connectivity index (χ2n) is 5.12. The van der Waals surface area contributed by atoms with Crippen LogP contribution in [0.3, 0.4) is 0 Å². The van der Waals surface area contributed by atoms with E-state index < -0.39 is 5.97 Å². The Kier molecular flexibility index (Phi) is 4.67. The van der Waals surface area contributed by atoms with E-state index in [0.717, 1.165) is 5.56 Å². The van der Waals surface area contributed by atoms with Gasteiger partial charge in [-0.25, -0.2) is 4.98 Å². The Morgan fingerprint density at radius 2 is 1.75 bits per heavy atom. The van der Waals surface area contributed by atoms with Gasteiger partial charge in [-0.2, -0.15) is 0 Å². The second-order valence-corrected chi connectivity index (χ2v) is 5.97. The molecule has 2 N–H and O–H groups in total. The van der Waals surface area contributed by atoms with Gasteiger partial charge in [0.05, 0.1) is 17.6 Å². The first-order valence-corrected chi connectivity index (χ1v) is 8.12. The average Bonchev–Trinajstić information content (AvgIpc) is 3.07. The molecule has 0 saturated carbocycles. The average molecular weight is 338 g/mol. The maximum absolute atomic E-state index is 12.5. The number of thiazole rings is 1. The summed E-state index contributed by atoms with van der Waals surface area (Å²) in [5.74, 6) is -1.12. The highest BCUT2D eigenvalue weighted by Gasteiger charge is 2.16. The van der Waals surface area contributed by atoms with Gasteiger partial charge in [-0.3, -0.25) is 9.59 Å². The summed E-state index contributed by atoms with van der Waals surface area (Å²) in [5.41, 5.74) is 4.49. The zero-order valence-electron chi connectivity index (χ0n) is 12.6. The summed E-state index contributed by atoms with van der Waals surface area (Å²) in [6.45, 7) is 0. The fraction of sp³-hybridized carbons (Fsp3) is 0.0556.